The van der Waals surface area contributed by atoms with E-state index in [0.717, 1.165) is 22.6 Å². The summed E-state index contributed by atoms with van der Waals surface area (Å²) in [6.45, 7) is 2.28. The normalized spacial score (nSPS) is 17.7. The molecule has 1 aliphatic rings. The van der Waals surface area contributed by atoms with Gasteiger partial charge in [-0.3, -0.25) is 4.79 Å². The molecule has 1 aliphatic heterocycles. The lowest BCUT2D eigenvalue weighted by molar-refractivity contribution is -0.117. The summed E-state index contributed by atoms with van der Waals surface area (Å²) in [5.41, 5.74) is 8.58. The van der Waals surface area contributed by atoms with Crippen molar-refractivity contribution in [1.82, 2.24) is 0 Å². The molecule has 3 N–H and O–H groups in total. The highest BCUT2D eigenvalue weighted by atomic mass is 16.5. The fourth-order valence-corrected chi connectivity index (χ4v) is 2.61. The van der Waals surface area contributed by atoms with Crippen molar-refractivity contribution in [2.45, 2.75) is 18.9 Å². The van der Waals surface area contributed by atoms with Crippen molar-refractivity contribution in [3.05, 3.63) is 59.7 Å². The molecule has 0 radical (unpaired) electrons. The minimum atomic E-state index is -0.276. The Labute approximate surface area is 123 Å². The van der Waals surface area contributed by atoms with Gasteiger partial charge in [-0.2, -0.15) is 0 Å². The number of carbonyl (C=O) groups excluding carboxylic acids is 1. The van der Waals surface area contributed by atoms with Crippen LogP contribution in [0, 0.1) is 0 Å². The van der Waals surface area contributed by atoms with Crippen LogP contribution in [0.1, 0.15) is 30.0 Å². The summed E-state index contributed by atoms with van der Waals surface area (Å²) in [7, 11) is 0. The average Bonchev–Trinajstić information content (AvgIpc) is 2.91. The molecular weight excluding hydrogens is 264 g/mol. The molecule has 108 valence electrons. The molecule has 2 aromatic carbocycles. The van der Waals surface area contributed by atoms with Crippen LogP contribution in [0.25, 0.3) is 0 Å². The van der Waals surface area contributed by atoms with Crippen LogP contribution in [0.4, 0.5) is 5.69 Å². The maximum atomic E-state index is 12.5. The van der Waals surface area contributed by atoms with Crippen LogP contribution in [0.5, 0.6) is 5.75 Å². The van der Waals surface area contributed by atoms with Crippen LogP contribution >= 0.6 is 0 Å². The Bertz CT molecular complexity index is 667. The van der Waals surface area contributed by atoms with Gasteiger partial charge >= 0.3 is 0 Å². The summed E-state index contributed by atoms with van der Waals surface area (Å²) in [5, 5.41) is 2.98. The Kier molecular flexibility index (Phi) is 3.62. The number of nitrogens with one attached hydrogen (secondary N) is 1. The predicted molar refractivity (Wildman–Crippen MR) is 82.4 cm³/mol. The zero-order chi connectivity index (χ0) is 14.8. The van der Waals surface area contributed by atoms with Gasteiger partial charge < -0.3 is 15.8 Å². The van der Waals surface area contributed by atoms with E-state index in [9.17, 15) is 4.79 Å². The van der Waals surface area contributed by atoms with E-state index in [1.54, 1.807) is 0 Å². The van der Waals surface area contributed by atoms with Gasteiger partial charge in [0.1, 0.15) is 18.3 Å². The smallest absolute Gasteiger partial charge is 0.235 e. The van der Waals surface area contributed by atoms with Gasteiger partial charge in [-0.05, 0) is 24.6 Å². The molecule has 4 heteroatoms. The van der Waals surface area contributed by atoms with Gasteiger partial charge in [0.05, 0.1) is 0 Å². The number of anilines is 1. The number of hydrogen-bond donors (Lipinski definition) is 2. The molecule has 2 atom stereocenters. The van der Waals surface area contributed by atoms with Gasteiger partial charge in [-0.15, -0.1) is 0 Å². The Balaban J connectivity index is 1.82. The van der Waals surface area contributed by atoms with Crippen molar-refractivity contribution in [3.8, 4) is 5.75 Å². The number of carbonyl (C=O) groups is 1. The standard InChI is InChI=1S/C17H18N2O2/c1-11(18)12-6-2-4-8-15(12)19-17(20)14-10-21-16-9-5-3-7-13(14)16/h2-9,11,14H,10,18H2,1H3,(H,19,20). The summed E-state index contributed by atoms with van der Waals surface area (Å²) in [4.78, 5) is 12.5. The minimum absolute atomic E-state index is 0.0620. The third-order valence-corrected chi connectivity index (χ3v) is 3.73. The summed E-state index contributed by atoms with van der Waals surface area (Å²) >= 11 is 0. The number of ether oxygens (including phenoxy) is 1. The lowest BCUT2D eigenvalue weighted by atomic mass is 10.00. The molecule has 1 amide bonds. The highest BCUT2D eigenvalue weighted by Crippen LogP contribution is 2.34. The Hall–Kier alpha value is -2.33. The lowest BCUT2D eigenvalue weighted by Crippen LogP contribution is -2.23. The van der Waals surface area contributed by atoms with Crippen LogP contribution in [-0.2, 0) is 4.79 Å². The Morgan fingerprint density at radius 3 is 2.76 bits per heavy atom. The number of para-hydroxylation sites is 2. The summed E-state index contributed by atoms with van der Waals surface area (Å²) in [6, 6.07) is 15.1. The van der Waals surface area contributed by atoms with E-state index in [1.807, 2.05) is 55.5 Å². The van der Waals surface area contributed by atoms with E-state index in [1.165, 1.54) is 0 Å². The topological polar surface area (TPSA) is 64.3 Å². The van der Waals surface area contributed by atoms with E-state index < -0.39 is 0 Å². The Morgan fingerprint density at radius 2 is 1.95 bits per heavy atom. The molecule has 0 aromatic heterocycles. The van der Waals surface area contributed by atoms with E-state index in [0.29, 0.717) is 6.61 Å². The summed E-state index contributed by atoms with van der Waals surface area (Å²) in [6.07, 6.45) is 0. The van der Waals surface area contributed by atoms with Crippen molar-refractivity contribution in [3.63, 3.8) is 0 Å². The van der Waals surface area contributed by atoms with Crippen LogP contribution in [0.3, 0.4) is 0 Å². The third-order valence-electron chi connectivity index (χ3n) is 3.73. The number of amides is 1. The van der Waals surface area contributed by atoms with Gasteiger partial charge in [0.25, 0.3) is 0 Å². The van der Waals surface area contributed by atoms with E-state index in [-0.39, 0.29) is 17.9 Å². The number of benzene rings is 2. The first-order chi connectivity index (χ1) is 10.2. The van der Waals surface area contributed by atoms with Gasteiger partial charge in [-0.25, -0.2) is 0 Å². The molecule has 2 unspecified atom stereocenters. The molecule has 0 fully saturated rings. The van der Waals surface area contributed by atoms with E-state index >= 15 is 0 Å². The van der Waals surface area contributed by atoms with Crippen molar-refractivity contribution in [2.75, 3.05) is 11.9 Å². The van der Waals surface area contributed by atoms with Crippen LogP contribution in [-0.4, -0.2) is 12.5 Å². The molecule has 0 bridgehead atoms. The van der Waals surface area contributed by atoms with Crippen molar-refractivity contribution < 1.29 is 9.53 Å². The predicted octanol–water partition coefficient (Wildman–Crippen LogP) is 2.82. The molecule has 4 nitrogen and oxygen atoms in total. The number of rotatable bonds is 3. The molecule has 0 aliphatic carbocycles. The maximum Gasteiger partial charge on any atom is 0.235 e. The molecule has 0 saturated heterocycles. The fraction of sp³-hybridized carbons (Fsp3) is 0.235. The zero-order valence-electron chi connectivity index (χ0n) is 11.9. The first-order valence-corrected chi connectivity index (χ1v) is 7.04. The fourth-order valence-electron chi connectivity index (χ4n) is 2.61. The quantitative estimate of drug-likeness (QED) is 0.909. The largest absolute Gasteiger partial charge is 0.492 e. The molecule has 3 rings (SSSR count). The average molecular weight is 282 g/mol. The van der Waals surface area contributed by atoms with Crippen molar-refractivity contribution >= 4 is 11.6 Å². The second kappa shape index (κ2) is 5.58. The second-order valence-electron chi connectivity index (χ2n) is 5.27. The van der Waals surface area contributed by atoms with E-state index in [4.69, 9.17) is 10.5 Å². The first-order valence-electron chi connectivity index (χ1n) is 7.04. The monoisotopic (exact) mass is 282 g/mol. The van der Waals surface area contributed by atoms with Gasteiger partial charge in [-0.1, -0.05) is 36.4 Å². The van der Waals surface area contributed by atoms with Crippen LogP contribution in [0.2, 0.25) is 0 Å². The number of nitrogens with two attached hydrogens (primary N) is 1. The summed E-state index contributed by atoms with van der Waals surface area (Å²) in [5.74, 6) is 0.452. The molecule has 1 heterocycles. The molecule has 2 aromatic rings. The minimum Gasteiger partial charge on any atom is -0.492 e. The highest BCUT2D eigenvalue weighted by molar-refractivity contribution is 5.97. The summed E-state index contributed by atoms with van der Waals surface area (Å²) < 4.78 is 5.56. The van der Waals surface area contributed by atoms with Crippen LogP contribution < -0.4 is 15.8 Å². The number of hydrogen-bond acceptors (Lipinski definition) is 3. The van der Waals surface area contributed by atoms with Crippen molar-refractivity contribution in [2.24, 2.45) is 5.73 Å². The van der Waals surface area contributed by atoms with Gasteiger partial charge in [0.15, 0.2) is 0 Å². The molecule has 21 heavy (non-hydrogen) atoms. The lowest BCUT2D eigenvalue weighted by Gasteiger charge is -2.15. The molecular formula is C17H18N2O2. The van der Waals surface area contributed by atoms with Gasteiger partial charge in [0.2, 0.25) is 5.91 Å². The maximum absolute atomic E-state index is 12.5. The first kappa shape index (κ1) is 13.6. The highest BCUT2D eigenvalue weighted by Gasteiger charge is 2.30. The SMILES string of the molecule is CC(N)c1ccccc1NC(=O)C1COc2ccccc21. The molecule has 0 spiro atoms. The zero-order valence-corrected chi connectivity index (χ0v) is 11.9. The second-order valence-corrected chi connectivity index (χ2v) is 5.27. The number of fused-ring (bicyclic) bond motifs is 1. The molecule has 0 saturated carbocycles. The van der Waals surface area contributed by atoms with Crippen LogP contribution in [0.15, 0.2) is 48.5 Å². The third kappa shape index (κ3) is 2.62. The van der Waals surface area contributed by atoms with E-state index in [2.05, 4.69) is 5.32 Å². The Morgan fingerprint density at radius 1 is 1.24 bits per heavy atom. The van der Waals surface area contributed by atoms with Crippen molar-refractivity contribution in [1.29, 1.82) is 0 Å². The van der Waals surface area contributed by atoms with Gasteiger partial charge in [0, 0.05) is 17.3 Å².